The lowest BCUT2D eigenvalue weighted by Crippen LogP contribution is -2.02. The highest BCUT2D eigenvalue weighted by Crippen LogP contribution is 2.20. The molecule has 0 atom stereocenters. The van der Waals surface area contributed by atoms with Crippen LogP contribution in [0.1, 0.15) is 5.56 Å². The van der Waals surface area contributed by atoms with E-state index < -0.39 is 4.92 Å². The van der Waals surface area contributed by atoms with Crippen molar-refractivity contribution in [1.29, 1.82) is 0 Å². The first-order valence-corrected chi connectivity index (χ1v) is 5.79. The predicted octanol–water partition coefficient (Wildman–Crippen LogP) is 1.39. The van der Waals surface area contributed by atoms with Crippen molar-refractivity contribution < 1.29 is 4.92 Å². The van der Waals surface area contributed by atoms with E-state index in [2.05, 4.69) is 25.5 Å². The lowest BCUT2D eigenvalue weighted by molar-refractivity contribution is -0.384. The molecule has 0 unspecified atom stereocenters. The predicted molar refractivity (Wildman–Crippen MR) is 73.1 cm³/mol. The zero-order valence-corrected chi connectivity index (χ0v) is 10.3. The highest BCUT2D eigenvalue weighted by molar-refractivity contribution is 5.79. The molecule has 0 aliphatic rings. The molecule has 2 heterocycles. The number of rotatable bonds is 4. The Morgan fingerprint density at radius 2 is 2.30 bits per heavy atom. The largest absolute Gasteiger partial charge is 0.384 e. The second-order valence-electron chi connectivity index (χ2n) is 4.21. The maximum absolute atomic E-state index is 10.7. The molecule has 0 saturated carbocycles. The molecule has 0 aliphatic carbocycles. The maximum atomic E-state index is 10.7. The van der Waals surface area contributed by atoms with Crippen LogP contribution in [0.2, 0.25) is 0 Å². The van der Waals surface area contributed by atoms with E-state index in [4.69, 9.17) is 5.73 Å². The van der Waals surface area contributed by atoms with E-state index in [0.29, 0.717) is 29.3 Å². The van der Waals surface area contributed by atoms with Gasteiger partial charge in [-0.05, 0) is 6.07 Å². The molecule has 0 saturated heterocycles. The standard InChI is InChI=1S/C11H11N7O2/c12-10-6(5-14-17-10)4-13-11-15-8-2-1-7(18(19)20)3-9(8)16-11/h1-3,5H,4H2,(H3,12,14,17)(H2,13,15,16). The number of hydrogen-bond donors (Lipinski definition) is 4. The topological polar surface area (TPSA) is 139 Å². The molecule has 0 aliphatic heterocycles. The van der Waals surface area contributed by atoms with Crippen LogP contribution in [0.3, 0.4) is 0 Å². The second-order valence-corrected chi connectivity index (χ2v) is 4.21. The fourth-order valence-corrected chi connectivity index (χ4v) is 1.84. The fraction of sp³-hybridized carbons (Fsp3) is 0.0909. The van der Waals surface area contributed by atoms with E-state index >= 15 is 0 Å². The monoisotopic (exact) mass is 273 g/mol. The van der Waals surface area contributed by atoms with E-state index in [1.165, 1.54) is 12.1 Å². The molecule has 5 N–H and O–H groups in total. The van der Waals surface area contributed by atoms with Gasteiger partial charge in [-0.3, -0.25) is 15.2 Å². The van der Waals surface area contributed by atoms with Crippen LogP contribution in [0.5, 0.6) is 0 Å². The summed E-state index contributed by atoms with van der Waals surface area (Å²) in [6, 6.07) is 4.46. The normalized spacial score (nSPS) is 10.8. The third-order valence-electron chi connectivity index (χ3n) is 2.87. The van der Waals surface area contributed by atoms with Crippen LogP contribution in [0.15, 0.2) is 24.4 Å². The van der Waals surface area contributed by atoms with Crippen LogP contribution in [0.4, 0.5) is 17.5 Å². The molecule has 0 fully saturated rings. The van der Waals surface area contributed by atoms with Gasteiger partial charge in [0.15, 0.2) is 0 Å². The Bertz CT molecular complexity index is 776. The number of nitrogen functional groups attached to an aromatic ring is 1. The first-order chi connectivity index (χ1) is 9.63. The van der Waals surface area contributed by atoms with Crippen LogP contribution < -0.4 is 11.1 Å². The van der Waals surface area contributed by atoms with Crippen molar-refractivity contribution in [2.45, 2.75) is 6.54 Å². The number of nitrogens with one attached hydrogen (secondary N) is 3. The number of fused-ring (bicyclic) bond motifs is 1. The SMILES string of the molecule is Nc1[nH]ncc1CNc1nc2ccc([N+](=O)[O-])cc2[nH]1. The van der Waals surface area contributed by atoms with Crippen LogP contribution in [0.25, 0.3) is 11.0 Å². The summed E-state index contributed by atoms with van der Waals surface area (Å²) >= 11 is 0. The number of aromatic amines is 2. The van der Waals surface area contributed by atoms with Crippen LogP contribution >= 0.6 is 0 Å². The Hall–Kier alpha value is -3.10. The van der Waals surface area contributed by atoms with E-state index in [1.54, 1.807) is 12.3 Å². The summed E-state index contributed by atoms with van der Waals surface area (Å²) in [5, 5.41) is 20.2. The molecule has 1 aromatic carbocycles. The van der Waals surface area contributed by atoms with Gasteiger partial charge in [0.25, 0.3) is 5.69 Å². The number of hydrogen-bond acceptors (Lipinski definition) is 6. The number of imidazole rings is 1. The third kappa shape index (κ3) is 2.11. The van der Waals surface area contributed by atoms with Gasteiger partial charge < -0.3 is 16.0 Å². The summed E-state index contributed by atoms with van der Waals surface area (Å²) in [5.74, 6) is 1.00. The quantitative estimate of drug-likeness (QED) is 0.418. The lowest BCUT2D eigenvalue weighted by atomic mass is 10.3. The van der Waals surface area contributed by atoms with Crippen molar-refractivity contribution in [3.63, 3.8) is 0 Å². The highest BCUT2D eigenvalue weighted by Gasteiger charge is 2.10. The minimum absolute atomic E-state index is 0.0202. The van der Waals surface area contributed by atoms with Crippen LogP contribution in [-0.4, -0.2) is 25.1 Å². The summed E-state index contributed by atoms with van der Waals surface area (Å²) in [6.45, 7) is 0.449. The van der Waals surface area contributed by atoms with E-state index in [0.717, 1.165) is 5.56 Å². The first kappa shape index (κ1) is 12.0. The van der Waals surface area contributed by atoms with Gasteiger partial charge in [-0.2, -0.15) is 5.10 Å². The summed E-state index contributed by atoms with van der Waals surface area (Å²) in [5.41, 5.74) is 7.76. The molecule has 102 valence electrons. The lowest BCUT2D eigenvalue weighted by Gasteiger charge is -2.00. The molecule has 0 amide bonds. The number of non-ortho nitro benzene ring substituents is 1. The van der Waals surface area contributed by atoms with E-state index in [-0.39, 0.29) is 5.69 Å². The van der Waals surface area contributed by atoms with Crippen molar-refractivity contribution >= 4 is 28.5 Å². The Labute approximate surface area is 112 Å². The molecular formula is C11H11N7O2. The molecule has 20 heavy (non-hydrogen) atoms. The zero-order valence-electron chi connectivity index (χ0n) is 10.3. The second kappa shape index (κ2) is 4.53. The molecule has 2 aromatic heterocycles. The Morgan fingerprint density at radius 3 is 3.00 bits per heavy atom. The number of H-pyrrole nitrogens is 2. The zero-order chi connectivity index (χ0) is 14.1. The number of nitrogens with zero attached hydrogens (tertiary/aromatic N) is 3. The summed E-state index contributed by atoms with van der Waals surface area (Å²) < 4.78 is 0. The summed E-state index contributed by atoms with van der Waals surface area (Å²) in [6.07, 6.45) is 1.62. The van der Waals surface area contributed by atoms with E-state index in [9.17, 15) is 10.1 Å². The summed E-state index contributed by atoms with van der Waals surface area (Å²) in [4.78, 5) is 17.5. The Kier molecular flexibility index (Phi) is 2.71. The van der Waals surface area contributed by atoms with Gasteiger partial charge in [-0.15, -0.1) is 0 Å². The van der Waals surface area contributed by atoms with Crippen LogP contribution in [-0.2, 0) is 6.54 Å². The van der Waals surface area contributed by atoms with Gasteiger partial charge in [0.05, 0.1) is 22.2 Å². The number of anilines is 2. The van der Waals surface area contributed by atoms with Gasteiger partial charge in [0, 0.05) is 24.2 Å². The van der Waals surface area contributed by atoms with Crippen molar-refractivity contribution in [2.24, 2.45) is 0 Å². The Balaban J connectivity index is 1.82. The van der Waals surface area contributed by atoms with E-state index in [1.807, 2.05) is 0 Å². The van der Waals surface area contributed by atoms with Crippen molar-refractivity contribution in [3.8, 4) is 0 Å². The van der Waals surface area contributed by atoms with Crippen molar-refractivity contribution in [1.82, 2.24) is 20.2 Å². The molecule has 0 bridgehead atoms. The van der Waals surface area contributed by atoms with Gasteiger partial charge >= 0.3 is 0 Å². The van der Waals surface area contributed by atoms with Gasteiger partial charge in [0.1, 0.15) is 5.82 Å². The maximum Gasteiger partial charge on any atom is 0.271 e. The summed E-state index contributed by atoms with van der Waals surface area (Å²) in [7, 11) is 0. The molecule has 9 heteroatoms. The van der Waals surface area contributed by atoms with Gasteiger partial charge in [0.2, 0.25) is 5.95 Å². The smallest absolute Gasteiger partial charge is 0.271 e. The molecule has 0 spiro atoms. The van der Waals surface area contributed by atoms with Crippen molar-refractivity contribution in [2.75, 3.05) is 11.1 Å². The highest BCUT2D eigenvalue weighted by atomic mass is 16.6. The first-order valence-electron chi connectivity index (χ1n) is 5.79. The molecule has 3 aromatic rings. The fourth-order valence-electron chi connectivity index (χ4n) is 1.84. The average Bonchev–Trinajstić information content (AvgIpc) is 3.00. The van der Waals surface area contributed by atoms with Gasteiger partial charge in [-0.1, -0.05) is 0 Å². The van der Waals surface area contributed by atoms with Gasteiger partial charge in [-0.25, -0.2) is 4.98 Å². The number of nitro groups is 1. The minimum atomic E-state index is -0.445. The molecule has 3 rings (SSSR count). The molecule has 0 radical (unpaired) electrons. The number of benzene rings is 1. The average molecular weight is 273 g/mol. The Morgan fingerprint density at radius 1 is 1.45 bits per heavy atom. The third-order valence-corrected chi connectivity index (χ3v) is 2.87. The van der Waals surface area contributed by atoms with Crippen LogP contribution in [0, 0.1) is 10.1 Å². The number of nitrogens with two attached hydrogens (primary N) is 1. The molecule has 9 nitrogen and oxygen atoms in total. The number of nitro benzene ring substituents is 1. The molecular weight excluding hydrogens is 262 g/mol. The van der Waals surface area contributed by atoms with Crippen molar-refractivity contribution in [3.05, 3.63) is 40.1 Å². The number of aromatic nitrogens is 4. The minimum Gasteiger partial charge on any atom is -0.384 e.